The summed E-state index contributed by atoms with van der Waals surface area (Å²) in [5.74, 6) is -4.64. The second-order valence-electron chi connectivity index (χ2n) is 17.7. The molecule has 8 rings (SSSR count). The van der Waals surface area contributed by atoms with E-state index in [9.17, 15) is 86.1 Å². The zero-order chi connectivity index (χ0) is 67.8. The molecule has 0 aliphatic heterocycles. The molecule has 0 aliphatic carbocycles. The Bertz CT molecular complexity index is 4880. The van der Waals surface area contributed by atoms with Gasteiger partial charge in [0.05, 0.1) is 89.9 Å². The quantitative estimate of drug-likeness (QED) is 0.00463. The zero-order valence-corrected chi connectivity index (χ0v) is 70.8. The standard InChI is InChI=1S/C45H40Cl2N14O25S7.6Na/c1-81-30-19-24(90(69,70)71)6-7-27(30)58-60-37-33(93(78,79)80)20-26-32(92(75,76)77)9-8-28(35(26)39(37)64)49-44-53-41(47)54-45(56-44)61(12-13-62)11-10-48-42-51-40(46)52-43(55-42)50-29-18-25(91(72,73)74)16-21-17-31(87-85-83-65)36(38(63)34(21)29)59-57-22-2-4-23(5-3-22)89(67,68)15-14-82-88-86-84-66;;;;;;/h2-9,16-20,62-66H,10-15H2,1H3,(H,69,70,71)(H,72,73,74)(H,75,76,77)(H,78,79,80)(H,49,53,54,56)(H2,48,50,51,52,55);;;;;;/q;6*+1/p-6. The average molecular weight is 1600 g/mol. The number of anilines is 6. The second kappa shape index (κ2) is 40.8. The third-order valence-electron chi connectivity index (χ3n) is 12.0. The molecule has 99 heavy (non-hydrogen) atoms. The van der Waals surface area contributed by atoms with Crippen LogP contribution in [-0.4, -0.2) is 151 Å². The number of aliphatic hydroxyl groups is 1. The van der Waals surface area contributed by atoms with Crippen molar-refractivity contribution in [3.63, 3.8) is 0 Å². The van der Waals surface area contributed by atoms with E-state index in [2.05, 4.69) is 85.1 Å². The van der Waals surface area contributed by atoms with Crippen LogP contribution in [0.15, 0.2) is 129 Å². The Morgan fingerprint density at radius 1 is 0.586 bits per heavy atom. The Labute approximate surface area is 711 Å². The molecule has 6 aromatic carbocycles. The van der Waals surface area contributed by atoms with Gasteiger partial charge in [-0.2, -0.15) is 39.4 Å². The van der Waals surface area contributed by atoms with Crippen molar-refractivity contribution in [2.75, 3.05) is 66.6 Å². The first kappa shape index (κ1) is 93.3. The fourth-order valence-corrected chi connectivity index (χ4v) is 12.6. The summed E-state index contributed by atoms with van der Waals surface area (Å²) in [7, 11) is -24.5. The number of phenolic OH excluding ortho intramolecular Hbond substituents is 2. The maximum absolute atomic E-state index is 12.8. The van der Waals surface area contributed by atoms with Crippen LogP contribution >= 0.6 is 47.6 Å². The van der Waals surface area contributed by atoms with Crippen LogP contribution in [0.25, 0.3) is 21.5 Å². The number of rotatable bonds is 30. The molecule has 0 spiro atoms. The summed E-state index contributed by atoms with van der Waals surface area (Å²) in [6, 6.07) is 11.9. The van der Waals surface area contributed by atoms with Crippen molar-refractivity contribution < 1.29 is 291 Å². The Balaban J connectivity index is 0.00000556. The number of azo groups is 2. The predicted molar refractivity (Wildman–Crippen MR) is 311 cm³/mol. The molecular formula is C45H34Cl2N14Na6O25S7. The largest absolute Gasteiger partial charge is 1.00 e. The van der Waals surface area contributed by atoms with Gasteiger partial charge in [-0.15, -0.1) is 19.7 Å². The maximum Gasteiger partial charge on any atom is 1.00 e. The van der Waals surface area contributed by atoms with Crippen LogP contribution in [0.2, 0.25) is 10.6 Å². The molecule has 39 nitrogen and oxygen atoms in total. The molecule has 0 amide bonds. The average Bonchev–Trinajstić information content (AvgIpc) is 0.746. The first-order valence-corrected chi connectivity index (χ1v) is 34.0. The molecule has 2 aromatic heterocycles. The summed E-state index contributed by atoms with van der Waals surface area (Å²) in [6.07, 6.45) is 0. The van der Waals surface area contributed by atoms with Gasteiger partial charge in [0.1, 0.15) is 63.3 Å². The number of aliphatic hydroxyl groups excluding tert-OH is 1. The monoisotopic (exact) mass is 1600 g/mol. The Morgan fingerprint density at radius 3 is 1.78 bits per heavy atom. The SMILES string of the molecule is COc1cc(S(=O)(=O)[O-])ccc1N=Nc1c(S(=O)(=O)[O-])cc2c(S(=O)(=O)[O-])ccc(Nc3nc(Cl)nc(N(CCO)CCNc4nc(Cl)nc(Nc5cc(S(=O)(=O)[O-])cc6cc(SOO[O-])c(N=Nc7ccc(S(=O)(=O)CCOSOO[O-])cc7)c(O)c56)n4)n3)c2c1O.[Na+].[Na+].[Na+].[Na+].[Na+].[Na+]. The number of methoxy groups -OCH3 is 1. The molecule has 0 saturated heterocycles. The van der Waals surface area contributed by atoms with Crippen LogP contribution in [0.1, 0.15) is 0 Å². The van der Waals surface area contributed by atoms with Crippen molar-refractivity contribution in [3.8, 4) is 17.2 Å². The molecule has 2 heterocycles. The Morgan fingerprint density at radius 2 is 1.17 bits per heavy atom. The minimum atomic E-state index is -5.74. The molecule has 0 atom stereocenters. The minimum absolute atomic E-state index is 0. The normalized spacial score (nSPS) is 11.8. The number of hydrogen-bond donors (Lipinski definition) is 6. The number of phenols is 2. The van der Waals surface area contributed by atoms with E-state index in [-0.39, 0.29) is 271 Å². The van der Waals surface area contributed by atoms with Crippen molar-refractivity contribution in [3.05, 3.63) is 89.4 Å². The van der Waals surface area contributed by atoms with E-state index in [1.54, 1.807) is 0 Å². The number of halogens is 2. The van der Waals surface area contributed by atoms with E-state index in [0.29, 0.717) is 12.1 Å². The van der Waals surface area contributed by atoms with Crippen LogP contribution in [0.3, 0.4) is 0 Å². The van der Waals surface area contributed by atoms with E-state index < -0.39 is 156 Å². The third-order valence-corrected chi connectivity index (χ3v) is 18.4. The number of ether oxygens (including phenoxy) is 1. The number of aromatic hydroxyl groups is 2. The maximum atomic E-state index is 12.8. The molecule has 8 aromatic rings. The van der Waals surface area contributed by atoms with Gasteiger partial charge in [-0.1, -0.05) is 0 Å². The van der Waals surface area contributed by atoms with Gasteiger partial charge in [0.15, 0.2) is 33.7 Å². The Hall–Kier alpha value is -1.79. The molecule has 6 N–H and O–H groups in total. The van der Waals surface area contributed by atoms with Crippen LogP contribution in [0, 0.1) is 0 Å². The number of benzene rings is 6. The smallest absolute Gasteiger partial charge is 0.744 e. The fourth-order valence-electron chi connectivity index (χ4n) is 8.11. The van der Waals surface area contributed by atoms with Gasteiger partial charge in [-0.25, -0.2) is 42.1 Å². The number of nitrogens with zero attached hydrogens (tertiary/aromatic N) is 11. The zero-order valence-electron chi connectivity index (χ0n) is 51.6. The number of nitrogens with one attached hydrogen (secondary N) is 3. The van der Waals surface area contributed by atoms with Crippen LogP contribution in [0.4, 0.5) is 57.9 Å². The van der Waals surface area contributed by atoms with E-state index in [1.807, 2.05) is 0 Å². The first-order valence-electron chi connectivity index (χ1n) is 24.5. The summed E-state index contributed by atoms with van der Waals surface area (Å²) >= 11 is 12.9. The van der Waals surface area contributed by atoms with Crippen LogP contribution < -0.4 is 213 Å². The van der Waals surface area contributed by atoms with Crippen molar-refractivity contribution in [2.45, 2.75) is 29.4 Å². The van der Waals surface area contributed by atoms with Gasteiger partial charge < -0.3 is 69.6 Å². The van der Waals surface area contributed by atoms with E-state index >= 15 is 0 Å². The summed E-state index contributed by atoms with van der Waals surface area (Å²) < 4.78 is 192. The molecule has 54 heteroatoms. The molecular weight excluding hydrogens is 1570 g/mol. The van der Waals surface area contributed by atoms with Gasteiger partial charge in [-0.3, -0.25) is 14.3 Å². The van der Waals surface area contributed by atoms with Crippen molar-refractivity contribution in [2.24, 2.45) is 20.5 Å². The number of sulfone groups is 1. The molecule has 496 valence electrons. The first-order chi connectivity index (χ1) is 43.8. The summed E-state index contributed by atoms with van der Waals surface area (Å²) in [6.45, 7) is -1.63. The van der Waals surface area contributed by atoms with Crippen molar-refractivity contribution in [1.29, 1.82) is 0 Å². The number of aromatic nitrogens is 6. The second-order valence-corrected chi connectivity index (χ2v) is 27.2. The fraction of sp³-hybridized carbons (Fsp3) is 0.156. The van der Waals surface area contributed by atoms with Gasteiger partial charge in [0.25, 0.3) is 0 Å². The molecule has 0 aliphatic rings. The minimum Gasteiger partial charge on any atom is -0.744 e. The molecule has 0 fully saturated rings. The van der Waals surface area contributed by atoms with Crippen molar-refractivity contribution >= 4 is 177 Å². The molecule has 0 unspecified atom stereocenters. The molecule has 0 bridgehead atoms. The van der Waals surface area contributed by atoms with E-state index in [4.69, 9.17) is 32.1 Å². The molecule has 0 radical (unpaired) electrons. The van der Waals surface area contributed by atoms with Crippen LogP contribution in [0.5, 0.6) is 17.2 Å². The number of hydrogen-bond acceptors (Lipinski definition) is 41. The summed E-state index contributed by atoms with van der Waals surface area (Å²) in [5, 5.41) is 81.5. The third kappa shape index (κ3) is 24.9. The Kier molecular flexibility index (Phi) is 38.4. The van der Waals surface area contributed by atoms with E-state index in [0.717, 1.165) is 61.7 Å². The van der Waals surface area contributed by atoms with Gasteiger partial charge in [0, 0.05) is 30.4 Å². The summed E-state index contributed by atoms with van der Waals surface area (Å²) in [4.78, 5) is 21.3. The van der Waals surface area contributed by atoms with Gasteiger partial charge in [0.2, 0.25) is 34.4 Å². The van der Waals surface area contributed by atoms with Crippen LogP contribution in [-0.2, 0) is 73.2 Å². The molecule has 0 saturated carbocycles. The van der Waals surface area contributed by atoms with Crippen molar-refractivity contribution in [1.82, 2.24) is 29.9 Å². The topological polar surface area (TPSA) is 591 Å². The van der Waals surface area contributed by atoms with Gasteiger partial charge in [-0.05, 0) is 107 Å². The van der Waals surface area contributed by atoms with Gasteiger partial charge >= 0.3 is 177 Å². The van der Waals surface area contributed by atoms with E-state index in [1.165, 1.54) is 17.0 Å². The predicted octanol–water partition coefficient (Wildman–Crippen LogP) is -14.2. The summed E-state index contributed by atoms with van der Waals surface area (Å²) in [5.41, 5.74) is -2.81. The number of fused-ring (bicyclic) bond motifs is 2.